The number of benzene rings is 1. The monoisotopic (exact) mass is 363 g/mol. The fourth-order valence-electron chi connectivity index (χ4n) is 3.97. The molecule has 136 valence electrons. The highest BCUT2D eigenvalue weighted by Crippen LogP contribution is 2.32. The molecule has 2 aromatic rings. The number of para-hydroxylation sites is 1. The lowest BCUT2D eigenvalue weighted by Crippen LogP contribution is -2.60. The van der Waals surface area contributed by atoms with Crippen molar-refractivity contribution in [3.8, 4) is 0 Å². The number of aromatic nitrogens is 1. The van der Waals surface area contributed by atoms with E-state index in [1.807, 2.05) is 25.1 Å². The van der Waals surface area contributed by atoms with Crippen molar-refractivity contribution in [2.75, 3.05) is 31.1 Å². The van der Waals surface area contributed by atoms with Crippen molar-refractivity contribution in [1.82, 2.24) is 9.88 Å². The standard InChI is InChI=1S/C18H25N3O3S/c1-11-16(23)17(24)14(22)10-21(11)9-12-6-7-20(8-12)18-19-13-4-2-3-5-15(13)25-18/h2-5,11-12,14,16-17,22-24H,6-10H2,1H3/t11-,12+,14+,16-,17-/m1/s1. The van der Waals surface area contributed by atoms with Crippen LogP contribution in [0.15, 0.2) is 24.3 Å². The van der Waals surface area contributed by atoms with E-state index >= 15 is 0 Å². The molecule has 2 saturated heterocycles. The summed E-state index contributed by atoms with van der Waals surface area (Å²) in [5.41, 5.74) is 1.05. The van der Waals surface area contributed by atoms with Gasteiger partial charge in [-0.3, -0.25) is 4.90 Å². The maximum Gasteiger partial charge on any atom is 0.186 e. The van der Waals surface area contributed by atoms with Gasteiger partial charge in [0.05, 0.1) is 22.4 Å². The van der Waals surface area contributed by atoms with Crippen molar-refractivity contribution >= 4 is 26.7 Å². The summed E-state index contributed by atoms with van der Waals surface area (Å²) < 4.78 is 1.21. The van der Waals surface area contributed by atoms with Crippen LogP contribution in [0.5, 0.6) is 0 Å². The average Bonchev–Trinajstić information content (AvgIpc) is 3.24. The molecule has 1 aromatic heterocycles. The minimum atomic E-state index is -1.05. The van der Waals surface area contributed by atoms with E-state index in [0.717, 1.165) is 36.7 Å². The lowest BCUT2D eigenvalue weighted by molar-refractivity contribution is -0.134. The molecule has 7 heteroatoms. The van der Waals surface area contributed by atoms with Crippen molar-refractivity contribution in [3.05, 3.63) is 24.3 Å². The number of thiazole rings is 1. The SMILES string of the molecule is C[C@@H]1[C@@H](O)[C@H](O)[C@@H](O)CN1C[C@H]1CCN(c2nc3ccccc3s2)C1. The van der Waals surface area contributed by atoms with Gasteiger partial charge in [-0.2, -0.15) is 0 Å². The Bertz CT molecular complexity index is 706. The van der Waals surface area contributed by atoms with E-state index in [9.17, 15) is 15.3 Å². The summed E-state index contributed by atoms with van der Waals surface area (Å²) in [4.78, 5) is 9.19. The van der Waals surface area contributed by atoms with Gasteiger partial charge in [-0.05, 0) is 31.4 Å². The minimum Gasteiger partial charge on any atom is -0.389 e. The number of β-amino-alcohol motifs (C(OH)–C–C–N with tert-alkyl or cyclic N) is 1. The normalized spacial score (nSPS) is 34.1. The van der Waals surface area contributed by atoms with Crippen molar-refractivity contribution < 1.29 is 15.3 Å². The van der Waals surface area contributed by atoms with Gasteiger partial charge in [0.1, 0.15) is 6.10 Å². The van der Waals surface area contributed by atoms with Crippen LogP contribution in [0.1, 0.15) is 13.3 Å². The fraction of sp³-hybridized carbons (Fsp3) is 0.611. The molecule has 2 fully saturated rings. The molecule has 0 amide bonds. The number of likely N-dealkylation sites (tertiary alicyclic amines) is 1. The number of anilines is 1. The van der Waals surface area contributed by atoms with E-state index in [1.54, 1.807) is 11.3 Å². The first-order valence-electron chi connectivity index (χ1n) is 8.91. The molecule has 0 bridgehead atoms. The van der Waals surface area contributed by atoms with E-state index in [-0.39, 0.29) is 6.04 Å². The van der Waals surface area contributed by atoms with Crippen LogP contribution < -0.4 is 4.90 Å². The zero-order chi connectivity index (χ0) is 17.6. The molecule has 0 radical (unpaired) electrons. The number of hydrogen-bond donors (Lipinski definition) is 3. The zero-order valence-corrected chi connectivity index (χ0v) is 15.1. The quantitative estimate of drug-likeness (QED) is 0.752. The highest BCUT2D eigenvalue weighted by atomic mass is 32.1. The topological polar surface area (TPSA) is 80.1 Å². The summed E-state index contributed by atoms with van der Waals surface area (Å²) in [6, 6.07) is 8.07. The van der Waals surface area contributed by atoms with Gasteiger partial charge < -0.3 is 20.2 Å². The van der Waals surface area contributed by atoms with Crippen LogP contribution in [0.25, 0.3) is 10.2 Å². The lowest BCUT2D eigenvalue weighted by atomic mass is 9.93. The third-order valence-corrected chi connectivity index (χ3v) is 6.66. The third-order valence-electron chi connectivity index (χ3n) is 5.57. The predicted molar refractivity (Wildman–Crippen MR) is 99.0 cm³/mol. The van der Waals surface area contributed by atoms with Gasteiger partial charge in [0, 0.05) is 32.2 Å². The molecule has 5 atom stereocenters. The first-order valence-corrected chi connectivity index (χ1v) is 9.73. The van der Waals surface area contributed by atoms with Crippen LogP contribution >= 0.6 is 11.3 Å². The van der Waals surface area contributed by atoms with Crippen LogP contribution in [-0.4, -0.2) is 75.7 Å². The Morgan fingerprint density at radius 3 is 2.76 bits per heavy atom. The summed E-state index contributed by atoms with van der Waals surface area (Å²) in [6.45, 7) is 5.08. The number of rotatable bonds is 3. The first-order chi connectivity index (χ1) is 12.0. The Labute approximate surface area is 151 Å². The zero-order valence-electron chi connectivity index (χ0n) is 14.3. The molecular weight excluding hydrogens is 338 g/mol. The highest BCUT2D eigenvalue weighted by molar-refractivity contribution is 7.22. The summed E-state index contributed by atoms with van der Waals surface area (Å²) >= 11 is 1.73. The smallest absolute Gasteiger partial charge is 0.186 e. The fourth-order valence-corrected chi connectivity index (χ4v) is 4.97. The molecule has 4 rings (SSSR count). The predicted octanol–water partition coefficient (Wildman–Crippen LogP) is 0.909. The van der Waals surface area contributed by atoms with Crippen molar-refractivity contribution in [1.29, 1.82) is 0 Å². The largest absolute Gasteiger partial charge is 0.389 e. The molecule has 25 heavy (non-hydrogen) atoms. The second-order valence-corrected chi connectivity index (χ2v) is 8.32. The van der Waals surface area contributed by atoms with Crippen molar-refractivity contribution in [2.45, 2.75) is 37.7 Å². The molecule has 0 spiro atoms. The van der Waals surface area contributed by atoms with E-state index in [1.165, 1.54) is 4.70 Å². The van der Waals surface area contributed by atoms with Gasteiger partial charge in [-0.15, -0.1) is 0 Å². The summed E-state index contributed by atoms with van der Waals surface area (Å²) in [5, 5.41) is 30.9. The summed E-state index contributed by atoms with van der Waals surface area (Å²) in [7, 11) is 0. The molecular formula is C18H25N3O3S. The Morgan fingerprint density at radius 2 is 1.96 bits per heavy atom. The van der Waals surface area contributed by atoms with E-state index in [4.69, 9.17) is 4.98 Å². The maximum absolute atomic E-state index is 10.1. The maximum atomic E-state index is 10.1. The molecule has 0 saturated carbocycles. The van der Waals surface area contributed by atoms with Crippen LogP contribution in [-0.2, 0) is 0 Å². The molecule has 3 N–H and O–H groups in total. The van der Waals surface area contributed by atoms with Gasteiger partial charge in [0.2, 0.25) is 0 Å². The Balaban J connectivity index is 1.40. The average molecular weight is 363 g/mol. The second-order valence-electron chi connectivity index (χ2n) is 7.31. The number of aliphatic hydroxyl groups excluding tert-OH is 3. The van der Waals surface area contributed by atoms with Gasteiger partial charge in [-0.25, -0.2) is 4.98 Å². The third kappa shape index (κ3) is 3.27. The lowest BCUT2D eigenvalue weighted by Gasteiger charge is -2.43. The summed E-state index contributed by atoms with van der Waals surface area (Å²) in [6.07, 6.45) is -1.75. The number of nitrogens with zero attached hydrogens (tertiary/aromatic N) is 3. The van der Waals surface area contributed by atoms with E-state index in [0.29, 0.717) is 12.5 Å². The van der Waals surface area contributed by atoms with Gasteiger partial charge in [-0.1, -0.05) is 23.5 Å². The van der Waals surface area contributed by atoms with E-state index in [2.05, 4.69) is 15.9 Å². The van der Waals surface area contributed by atoms with E-state index < -0.39 is 18.3 Å². The molecule has 0 aliphatic carbocycles. The van der Waals surface area contributed by atoms with Crippen LogP contribution in [0.2, 0.25) is 0 Å². The molecule has 2 aliphatic heterocycles. The van der Waals surface area contributed by atoms with Gasteiger partial charge in [0.15, 0.2) is 5.13 Å². The van der Waals surface area contributed by atoms with Crippen molar-refractivity contribution in [2.24, 2.45) is 5.92 Å². The number of hydrogen-bond acceptors (Lipinski definition) is 7. The van der Waals surface area contributed by atoms with Crippen LogP contribution in [0.3, 0.4) is 0 Å². The van der Waals surface area contributed by atoms with Gasteiger partial charge >= 0.3 is 0 Å². The molecule has 6 nitrogen and oxygen atoms in total. The summed E-state index contributed by atoms with van der Waals surface area (Å²) in [5.74, 6) is 0.476. The Hall–Kier alpha value is -1.25. The first kappa shape index (κ1) is 17.2. The molecule has 0 unspecified atom stereocenters. The minimum absolute atomic E-state index is 0.144. The number of fused-ring (bicyclic) bond motifs is 1. The van der Waals surface area contributed by atoms with Gasteiger partial charge in [0.25, 0.3) is 0 Å². The molecule has 2 aliphatic rings. The van der Waals surface area contributed by atoms with Crippen molar-refractivity contribution in [3.63, 3.8) is 0 Å². The second kappa shape index (κ2) is 6.81. The van der Waals surface area contributed by atoms with Crippen LogP contribution in [0, 0.1) is 5.92 Å². The Kier molecular flexibility index (Phi) is 4.68. The highest BCUT2D eigenvalue weighted by Gasteiger charge is 2.40. The van der Waals surface area contributed by atoms with Crippen LogP contribution in [0.4, 0.5) is 5.13 Å². The number of piperidine rings is 1. The molecule has 1 aromatic carbocycles. The Morgan fingerprint density at radius 1 is 1.16 bits per heavy atom. The number of aliphatic hydroxyl groups is 3. The molecule has 3 heterocycles.